The molecule has 0 spiro atoms. The number of methoxy groups -OCH3 is 1. The first kappa shape index (κ1) is 22.8. The van der Waals surface area contributed by atoms with Crippen LogP contribution in [-0.2, 0) is 14.3 Å². The largest absolute Gasteiger partial charge is 0.396 e. The summed E-state index contributed by atoms with van der Waals surface area (Å²) in [5.74, 6) is 0.115. The van der Waals surface area contributed by atoms with Crippen molar-refractivity contribution in [3.63, 3.8) is 0 Å². The van der Waals surface area contributed by atoms with Crippen molar-refractivity contribution < 1.29 is 34.7 Å². The van der Waals surface area contributed by atoms with Crippen LogP contribution in [0, 0.1) is 0 Å². The molecule has 2 heterocycles. The van der Waals surface area contributed by atoms with E-state index in [1.165, 1.54) is 7.11 Å². The minimum absolute atomic E-state index is 0.0654. The van der Waals surface area contributed by atoms with Gasteiger partial charge in [0.1, 0.15) is 29.3 Å². The molecule has 5 N–H and O–H groups in total. The van der Waals surface area contributed by atoms with Crippen molar-refractivity contribution in [2.24, 2.45) is 0 Å². The van der Waals surface area contributed by atoms with Crippen molar-refractivity contribution in [2.75, 3.05) is 39.7 Å². The van der Waals surface area contributed by atoms with Crippen LogP contribution >= 0.6 is 11.8 Å². The lowest BCUT2D eigenvalue weighted by atomic mass is 9.82. The van der Waals surface area contributed by atoms with Gasteiger partial charge in [0.2, 0.25) is 5.91 Å². The third-order valence-corrected chi connectivity index (χ3v) is 6.57. The predicted molar refractivity (Wildman–Crippen MR) is 100 cm³/mol. The molecule has 2 fully saturated rings. The Balaban J connectivity index is 2.19. The van der Waals surface area contributed by atoms with Gasteiger partial charge >= 0.3 is 0 Å². The van der Waals surface area contributed by atoms with E-state index in [1.54, 1.807) is 6.92 Å². The molecule has 0 aromatic heterocycles. The number of aliphatic hydroxyl groups excluding tert-OH is 4. The summed E-state index contributed by atoms with van der Waals surface area (Å²) in [5, 5.41) is 43.1. The smallest absolute Gasteiger partial charge is 0.237 e. The Kier molecular flexibility index (Phi) is 8.32. The van der Waals surface area contributed by atoms with Gasteiger partial charge < -0.3 is 35.2 Å². The summed E-state index contributed by atoms with van der Waals surface area (Å²) in [5.41, 5.74) is -2.24. The van der Waals surface area contributed by atoms with Crippen molar-refractivity contribution in [2.45, 2.75) is 61.2 Å². The normalized spacial score (nSPS) is 38.7. The Labute approximate surface area is 164 Å². The highest BCUT2D eigenvalue weighted by molar-refractivity contribution is 7.99. The lowest BCUT2D eigenvalue weighted by molar-refractivity contribution is -0.252. The zero-order valence-electron chi connectivity index (χ0n) is 16.1. The van der Waals surface area contributed by atoms with E-state index in [4.69, 9.17) is 14.6 Å². The summed E-state index contributed by atoms with van der Waals surface area (Å²) < 4.78 is 11.2. The molecule has 2 saturated heterocycles. The third kappa shape index (κ3) is 4.94. The molecule has 27 heavy (non-hydrogen) atoms. The molecule has 9 nitrogen and oxygen atoms in total. The molecule has 0 aromatic rings. The van der Waals surface area contributed by atoms with Crippen LogP contribution < -0.4 is 5.32 Å². The first-order chi connectivity index (χ1) is 12.8. The molecular formula is C17H32N2O7S. The summed E-state index contributed by atoms with van der Waals surface area (Å²) in [6, 6.07) is -0.998. The number of ether oxygens (including phenoxy) is 2. The fourth-order valence-electron chi connectivity index (χ4n) is 3.69. The molecule has 0 saturated carbocycles. The number of hydrogen-bond acceptors (Lipinski definition) is 9. The van der Waals surface area contributed by atoms with Crippen LogP contribution in [0.1, 0.15) is 19.8 Å². The second-order valence-corrected chi connectivity index (χ2v) is 8.55. The van der Waals surface area contributed by atoms with Crippen molar-refractivity contribution in [1.82, 2.24) is 10.2 Å². The van der Waals surface area contributed by atoms with Gasteiger partial charge in [0, 0.05) is 12.9 Å². The number of aliphatic hydroxyl groups is 4. The van der Waals surface area contributed by atoms with E-state index >= 15 is 0 Å². The molecule has 2 rings (SSSR count). The summed E-state index contributed by atoms with van der Waals surface area (Å²) in [6.45, 7) is 2.38. The van der Waals surface area contributed by atoms with Crippen LogP contribution in [-0.4, -0.2) is 112 Å². The van der Waals surface area contributed by atoms with E-state index in [1.807, 2.05) is 11.9 Å². The Bertz CT molecular complexity index is 500. The maximum atomic E-state index is 12.7. The molecular weight excluding hydrogens is 376 g/mol. The summed E-state index contributed by atoms with van der Waals surface area (Å²) in [7, 11) is 3.36. The molecule has 158 valence electrons. The van der Waals surface area contributed by atoms with Crippen LogP contribution in [0.5, 0.6) is 0 Å². The number of likely N-dealkylation sites (tertiary alicyclic amines) is 1. The molecule has 2 aliphatic heterocycles. The number of carbonyl (C=O) groups excluding carboxylic acids is 1. The monoisotopic (exact) mass is 408 g/mol. The number of rotatable bonds is 8. The van der Waals surface area contributed by atoms with Gasteiger partial charge in [-0.15, -0.1) is 11.8 Å². The molecule has 1 amide bonds. The highest BCUT2D eigenvalue weighted by atomic mass is 32.2. The third-order valence-electron chi connectivity index (χ3n) is 5.45. The zero-order chi connectivity index (χ0) is 20.2. The maximum absolute atomic E-state index is 12.7. The Hall–Kier alpha value is -0.460. The van der Waals surface area contributed by atoms with E-state index in [9.17, 15) is 20.1 Å². The van der Waals surface area contributed by atoms with Gasteiger partial charge in [0.05, 0.1) is 25.3 Å². The van der Waals surface area contributed by atoms with Gasteiger partial charge in [-0.2, -0.15) is 0 Å². The number of carbonyl (C=O) groups is 1. The number of thioether (sulfide) groups is 1. The number of nitrogens with one attached hydrogen (secondary N) is 1. The molecule has 0 aliphatic carbocycles. The van der Waals surface area contributed by atoms with E-state index < -0.39 is 35.4 Å². The fraction of sp³-hybridized carbons (Fsp3) is 0.941. The summed E-state index contributed by atoms with van der Waals surface area (Å²) >= 11 is 1.14. The standard InChI is InChI=1S/C17H32N2O7S/c1-17(14(23)12(21)13(22)16(26-17)27-8-7-20)11(9-25-3)18-15(24)10-5-4-6-19(10)2/h10-14,16,20-23H,4-9H2,1-3H3,(H,18,24). The van der Waals surface area contributed by atoms with Gasteiger partial charge in [-0.3, -0.25) is 9.69 Å². The minimum Gasteiger partial charge on any atom is -0.396 e. The summed E-state index contributed by atoms with van der Waals surface area (Å²) in [4.78, 5) is 14.7. The quantitative estimate of drug-likeness (QED) is 0.313. The highest BCUT2D eigenvalue weighted by Crippen LogP contribution is 2.37. The molecule has 7 unspecified atom stereocenters. The fourth-order valence-corrected chi connectivity index (χ4v) is 4.66. The van der Waals surface area contributed by atoms with Gasteiger partial charge in [-0.1, -0.05) is 0 Å². The second-order valence-electron chi connectivity index (χ2n) is 7.35. The number of amides is 1. The van der Waals surface area contributed by atoms with E-state index in [0.29, 0.717) is 5.75 Å². The SMILES string of the molecule is COCC(NC(=O)C1CCCN1C)C1(C)OC(SCCO)C(O)C(O)C1O. The topological polar surface area (TPSA) is 132 Å². The van der Waals surface area contributed by atoms with E-state index in [-0.39, 0.29) is 25.2 Å². The lowest BCUT2D eigenvalue weighted by Gasteiger charge is -2.50. The first-order valence-corrected chi connectivity index (χ1v) is 10.2. The molecule has 0 bridgehead atoms. The van der Waals surface area contributed by atoms with Crippen molar-refractivity contribution in [3.8, 4) is 0 Å². The molecule has 7 atom stereocenters. The summed E-state index contributed by atoms with van der Waals surface area (Å²) in [6.07, 6.45) is -2.52. The zero-order valence-corrected chi connectivity index (χ0v) is 16.9. The van der Waals surface area contributed by atoms with Gasteiger partial charge in [-0.05, 0) is 33.4 Å². The van der Waals surface area contributed by atoms with Crippen molar-refractivity contribution in [3.05, 3.63) is 0 Å². The van der Waals surface area contributed by atoms with Crippen LogP contribution in [0.2, 0.25) is 0 Å². The molecule has 0 aromatic carbocycles. The average Bonchev–Trinajstić information content (AvgIpc) is 3.07. The second kappa shape index (κ2) is 9.84. The first-order valence-electron chi connectivity index (χ1n) is 9.20. The minimum atomic E-state index is -1.45. The Morgan fingerprint density at radius 3 is 2.67 bits per heavy atom. The van der Waals surface area contributed by atoms with Gasteiger partial charge in [-0.25, -0.2) is 0 Å². The van der Waals surface area contributed by atoms with Gasteiger partial charge in [0.15, 0.2) is 0 Å². The lowest BCUT2D eigenvalue weighted by Crippen LogP contribution is -2.71. The number of nitrogens with zero attached hydrogens (tertiary/aromatic N) is 1. The highest BCUT2D eigenvalue weighted by Gasteiger charge is 2.55. The van der Waals surface area contributed by atoms with E-state index in [0.717, 1.165) is 31.1 Å². The average molecular weight is 409 g/mol. The van der Waals surface area contributed by atoms with E-state index in [2.05, 4.69) is 5.32 Å². The Morgan fingerprint density at radius 1 is 1.41 bits per heavy atom. The van der Waals surface area contributed by atoms with Crippen LogP contribution in [0.25, 0.3) is 0 Å². The Morgan fingerprint density at radius 2 is 2.11 bits per heavy atom. The predicted octanol–water partition coefficient (Wildman–Crippen LogP) is -1.86. The van der Waals surface area contributed by atoms with Crippen LogP contribution in [0.4, 0.5) is 0 Å². The van der Waals surface area contributed by atoms with Crippen LogP contribution in [0.3, 0.4) is 0 Å². The van der Waals surface area contributed by atoms with Crippen molar-refractivity contribution in [1.29, 1.82) is 0 Å². The van der Waals surface area contributed by atoms with Crippen LogP contribution in [0.15, 0.2) is 0 Å². The van der Waals surface area contributed by atoms with Gasteiger partial charge in [0.25, 0.3) is 0 Å². The molecule has 0 radical (unpaired) electrons. The molecule has 10 heteroatoms. The maximum Gasteiger partial charge on any atom is 0.237 e. The molecule has 2 aliphatic rings. The van der Waals surface area contributed by atoms with Crippen molar-refractivity contribution >= 4 is 17.7 Å². The number of hydrogen-bond donors (Lipinski definition) is 5. The number of likely N-dealkylation sites (N-methyl/N-ethyl adjacent to an activating group) is 1.